The standard InChI is InChI=1S/C31H34NO11P/c32-26(31(34)35)20-41-44(36,37)43-28-14-7-17-38-29(28)21-40-30(33)16-15-23-9-4-5-13-27(23)39-19-22-8-6-12-25(18-22)42-24-10-2-1-3-11-24/h1-14,18,26,28-29H,15-17,19-21,32H2,(H,34,35)(H,36,37)/t26-,28-,29-/m0/s1. The first-order chi connectivity index (χ1) is 21.2. The largest absolute Gasteiger partial charge is 0.489 e. The summed E-state index contributed by atoms with van der Waals surface area (Å²) in [5.74, 6) is 0.140. The van der Waals surface area contributed by atoms with Crippen LogP contribution in [-0.2, 0) is 45.7 Å². The van der Waals surface area contributed by atoms with E-state index in [1.165, 1.54) is 6.08 Å². The summed E-state index contributed by atoms with van der Waals surface area (Å²) in [7, 11) is -4.68. The number of rotatable bonds is 16. The second-order valence-corrected chi connectivity index (χ2v) is 11.1. The molecule has 13 heteroatoms. The van der Waals surface area contributed by atoms with Crippen LogP contribution < -0.4 is 15.2 Å². The highest BCUT2D eigenvalue weighted by molar-refractivity contribution is 7.47. The van der Waals surface area contributed by atoms with E-state index in [9.17, 15) is 19.0 Å². The minimum Gasteiger partial charge on any atom is -0.489 e. The van der Waals surface area contributed by atoms with Gasteiger partial charge in [0, 0.05) is 6.42 Å². The molecule has 0 saturated carbocycles. The van der Waals surface area contributed by atoms with E-state index in [0.29, 0.717) is 24.5 Å². The Labute approximate surface area is 254 Å². The molecular weight excluding hydrogens is 593 g/mol. The summed E-state index contributed by atoms with van der Waals surface area (Å²) < 4.78 is 44.9. The highest BCUT2D eigenvalue weighted by Crippen LogP contribution is 2.45. The van der Waals surface area contributed by atoms with Crippen molar-refractivity contribution in [1.29, 1.82) is 0 Å². The topological polar surface area (TPSA) is 173 Å². The van der Waals surface area contributed by atoms with Crippen molar-refractivity contribution in [2.45, 2.75) is 37.7 Å². The number of phosphoric ester groups is 1. The lowest BCUT2D eigenvalue weighted by atomic mass is 10.1. The van der Waals surface area contributed by atoms with Crippen LogP contribution in [0.3, 0.4) is 0 Å². The van der Waals surface area contributed by atoms with Crippen molar-refractivity contribution in [2.24, 2.45) is 5.73 Å². The summed E-state index contributed by atoms with van der Waals surface area (Å²) in [6, 6.07) is 23.0. The van der Waals surface area contributed by atoms with Gasteiger partial charge in [0.2, 0.25) is 0 Å². The minimum absolute atomic E-state index is 0.0452. The number of aliphatic carboxylic acids is 1. The highest BCUT2D eigenvalue weighted by atomic mass is 31.2. The van der Waals surface area contributed by atoms with E-state index in [0.717, 1.165) is 16.9 Å². The van der Waals surface area contributed by atoms with Crippen molar-refractivity contribution in [3.63, 3.8) is 0 Å². The molecule has 1 aliphatic heterocycles. The van der Waals surface area contributed by atoms with Gasteiger partial charge in [0.05, 0.1) is 13.2 Å². The maximum Gasteiger partial charge on any atom is 0.472 e. The number of carbonyl (C=O) groups excluding carboxylic acids is 1. The van der Waals surface area contributed by atoms with Crippen LogP contribution in [0.4, 0.5) is 0 Å². The van der Waals surface area contributed by atoms with Gasteiger partial charge in [0.1, 0.15) is 48.7 Å². The van der Waals surface area contributed by atoms with Gasteiger partial charge in [-0.15, -0.1) is 0 Å². The zero-order valence-corrected chi connectivity index (χ0v) is 24.6. The van der Waals surface area contributed by atoms with Crippen LogP contribution in [0.15, 0.2) is 91.0 Å². The summed E-state index contributed by atoms with van der Waals surface area (Å²) in [4.78, 5) is 33.4. The molecule has 0 fully saturated rings. The van der Waals surface area contributed by atoms with E-state index in [-0.39, 0.29) is 19.6 Å². The van der Waals surface area contributed by atoms with E-state index >= 15 is 0 Å². The fraction of sp³-hybridized carbons (Fsp3) is 0.290. The predicted octanol–water partition coefficient (Wildman–Crippen LogP) is 4.40. The van der Waals surface area contributed by atoms with E-state index in [2.05, 4.69) is 4.52 Å². The first-order valence-electron chi connectivity index (χ1n) is 13.8. The van der Waals surface area contributed by atoms with E-state index in [1.807, 2.05) is 78.9 Å². The molecule has 0 aliphatic carbocycles. The monoisotopic (exact) mass is 627 g/mol. The molecule has 0 bridgehead atoms. The van der Waals surface area contributed by atoms with Crippen molar-refractivity contribution in [2.75, 3.05) is 19.8 Å². The average Bonchev–Trinajstić information content (AvgIpc) is 3.02. The van der Waals surface area contributed by atoms with Crippen molar-refractivity contribution >= 4 is 19.8 Å². The third-order valence-electron chi connectivity index (χ3n) is 6.34. The second kappa shape index (κ2) is 16.2. The van der Waals surface area contributed by atoms with Gasteiger partial charge in [0.15, 0.2) is 0 Å². The Balaban J connectivity index is 1.25. The van der Waals surface area contributed by atoms with Crippen LogP contribution >= 0.6 is 7.82 Å². The minimum atomic E-state index is -4.68. The lowest BCUT2D eigenvalue weighted by Crippen LogP contribution is -2.38. The quantitative estimate of drug-likeness (QED) is 0.116. The van der Waals surface area contributed by atoms with Gasteiger partial charge in [0.25, 0.3) is 0 Å². The van der Waals surface area contributed by atoms with Crippen LogP contribution in [-0.4, -0.2) is 60.0 Å². The summed E-state index contributed by atoms with van der Waals surface area (Å²) >= 11 is 0. The Kier molecular flexibility index (Phi) is 12.1. The first kappa shape index (κ1) is 32.9. The molecule has 0 amide bonds. The third kappa shape index (κ3) is 10.6. The predicted molar refractivity (Wildman–Crippen MR) is 158 cm³/mol. The zero-order chi connectivity index (χ0) is 31.4. The van der Waals surface area contributed by atoms with Crippen molar-refractivity contribution < 1.29 is 52.1 Å². The number of carboxylic acids is 1. The summed E-state index contributed by atoms with van der Waals surface area (Å²) in [6.45, 7) is -0.515. The van der Waals surface area contributed by atoms with Crippen LogP contribution in [0.2, 0.25) is 0 Å². The molecule has 4 rings (SSSR count). The third-order valence-corrected chi connectivity index (χ3v) is 7.32. The highest BCUT2D eigenvalue weighted by Gasteiger charge is 2.34. The number of benzene rings is 3. The Bertz CT molecular complexity index is 1470. The average molecular weight is 628 g/mol. The summed E-state index contributed by atoms with van der Waals surface area (Å²) in [5.41, 5.74) is 7.02. The van der Waals surface area contributed by atoms with Gasteiger partial charge >= 0.3 is 19.8 Å². The van der Waals surface area contributed by atoms with Crippen molar-refractivity contribution in [3.05, 3.63) is 102 Å². The zero-order valence-electron chi connectivity index (χ0n) is 23.7. The first-order valence-corrected chi connectivity index (χ1v) is 15.3. The molecule has 3 aromatic carbocycles. The molecule has 0 aromatic heterocycles. The summed E-state index contributed by atoms with van der Waals surface area (Å²) in [6.07, 6.45) is 1.46. The number of nitrogens with two attached hydrogens (primary N) is 1. The molecular formula is C31H34NO11P. The lowest BCUT2D eigenvalue weighted by molar-refractivity contribution is -0.150. The maximum absolute atomic E-state index is 12.6. The fourth-order valence-corrected chi connectivity index (χ4v) is 5.01. The van der Waals surface area contributed by atoms with Gasteiger partial charge in [-0.3, -0.25) is 18.6 Å². The molecule has 44 heavy (non-hydrogen) atoms. The molecule has 0 saturated heterocycles. The Morgan fingerprint density at radius 1 is 1.02 bits per heavy atom. The fourth-order valence-electron chi connectivity index (χ4n) is 4.08. The maximum atomic E-state index is 12.6. The molecule has 234 valence electrons. The van der Waals surface area contributed by atoms with E-state index in [1.54, 1.807) is 6.08 Å². The Morgan fingerprint density at radius 3 is 2.57 bits per heavy atom. The van der Waals surface area contributed by atoms with Gasteiger partial charge < -0.3 is 34.7 Å². The van der Waals surface area contributed by atoms with Crippen molar-refractivity contribution in [1.82, 2.24) is 0 Å². The molecule has 0 radical (unpaired) electrons. The number of ether oxygens (including phenoxy) is 4. The number of para-hydroxylation sites is 2. The molecule has 12 nitrogen and oxygen atoms in total. The SMILES string of the molecule is N[C@@H](COP(=O)(O)O[C@H]1C=CCO[C@H]1COC(=O)CCc1ccccc1OCc1cccc(Oc2ccccc2)c1)C(=O)O. The normalized spacial score (nSPS) is 18.1. The van der Waals surface area contributed by atoms with E-state index in [4.69, 9.17) is 34.3 Å². The number of carboxylic acid groups (broad SMARTS) is 1. The van der Waals surface area contributed by atoms with Crippen LogP contribution in [0, 0.1) is 0 Å². The number of phosphoric acid groups is 1. The number of hydrogen-bond donors (Lipinski definition) is 3. The molecule has 4 N–H and O–H groups in total. The van der Waals surface area contributed by atoms with Crippen LogP contribution in [0.25, 0.3) is 0 Å². The molecule has 4 atom stereocenters. The number of esters is 1. The van der Waals surface area contributed by atoms with Gasteiger partial charge in [-0.2, -0.15) is 0 Å². The molecule has 3 aromatic rings. The molecule has 1 aliphatic rings. The number of hydrogen-bond acceptors (Lipinski definition) is 10. The number of carbonyl (C=O) groups is 2. The van der Waals surface area contributed by atoms with Crippen LogP contribution in [0.5, 0.6) is 17.2 Å². The van der Waals surface area contributed by atoms with Gasteiger partial charge in [-0.05, 0) is 47.9 Å². The molecule has 1 unspecified atom stereocenters. The number of aryl methyl sites for hydroxylation is 1. The van der Waals surface area contributed by atoms with Gasteiger partial charge in [-0.25, -0.2) is 4.57 Å². The Morgan fingerprint density at radius 2 is 1.77 bits per heavy atom. The van der Waals surface area contributed by atoms with Crippen LogP contribution in [0.1, 0.15) is 17.5 Å². The van der Waals surface area contributed by atoms with Gasteiger partial charge in [-0.1, -0.05) is 60.7 Å². The Hall–Kier alpha value is -4.03. The smallest absolute Gasteiger partial charge is 0.472 e. The molecule has 1 heterocycles. The van der Waals surface area contributed by atoms with Crippen molar-refractivity contribution in [3.8, 4) is 17.2 Å². The molecule has 0 spiro atoms. The van der Waals surface area contributed by atoms with E-state index < -0.39 is 44.6 Å². The lowest BCUT2D eigenvalue weighted by Gasteiger charge is -2.28. The summed E-state index contributed by atoms with van der Waals surface area (Å²) in [5, 5.41) is 8.81. The second-order valence-electron chi connectivity index (χ2n) is 9.72.